The van der Waals surface area contributed by atoms with Crippen LogP contribution in [0.5, 0.6) is 0 Å². The van der Waals surface area contributed by atoms with Gasteiger partial charge in [0, 0.05) is 6.07 Å². The summed E-state index contributed by atoms with van der Waals surface area (Å²) in [5.41, 5.74) is 1.83. The molecule has 1 aromatic carbocycles. The van der Waals surface area contributed by atoms with Crippen molar-refractivity contribution >= 4 is 5.69 Å². The van der Waals surface area contributed by atoms with Crippen LogP contribution in [0.15, 0.2) is 18.2 Å². The van der Waals surface area contributed by atoms with Gasteiger partial charge >= 0.3 is 0 Å². The van der Waals surface area contributed by atoms with Gasteiger partial charge in [0.05, 0.1) is 23.2 Å². The lowest BCUT2D eigenvalue weighted by molar-refractivity contribution is -0.385. The minimum Gasteiger partial charge on any atom is -0.369 e. The fourth-order valence-electron chi connectivity index (χ4n) is 1.60. The Morgan fingerprint density at radius 3 is 3.08 bits per heavy atom. The zero-order valence-electron chi connectivity index (χ0n) is 7.19. The summed E-state index contributed by atoms with van der Waals surface area (Å²) in [6, 6.07) is 5.09. The maximum atomic E-state index is 10.6. The summed E-state index contributed by atoms with van der Waals surface area (Å²) in [5.74, 6) is 0. The standard InChI is InChI=1S/C9H9NO3/c1-6-7-3-2-4-9(10(11)12)8(7)5-13-6/h2-4,6H,5H2,1H3. The van der Waals surface area contributed by atoms with Gasteiger partial charge in [0.15, 0.2) is 0 Å². The molecule has 0 saturated carbocycles. The molecule has 1 atom stereocenters. The van der Waals surface area contributed by atoms with Gasteiger partial charge in [0.1, 0.15) is 0 Å². The third-order valence-corrected chi connectivity index (χ3v) is 2.30. The van der Waals surface area contributed by atoms with E-state index in [1.54, 1.807) is 6.07 Å². The lowest BCUT2D eigenvalue weighted by atomic mass is 10.1. The summed E-state index contributed by atoms with van der Waals surface area (Å²) >= 11 is 0. The summed E-state index contributed by atoms with van der Waals surface area (Å²) < 4.78 is 5.31. The van der Waals surface area contributed by atoms with Gasteiger partial charge < -0.3 is 4.74 Å². The van der Waals surface area contributed by atoms with Crippen LogP contribution in [0.3, 0.4) is 0 Å². The minimum absolute atomic E-state index is 0.0186. The number of ether oxygens (including phenoxy) is 1. The summed E-state index contributed by atoms with van der Waals surface area (Å²) in [6.45, 7) is 2.25. The molecule has 0 radical (unpaired) electrons. The Hall–Kier alpha value is -1.42. The van der Waals surface area contributed by atoms with Crippen molar-refractivity contribution in [2.75, 3.05) is 0 Å². The average Bonchev–Trinajstić information content (AvgIpc) is 2.48. The van der Waals surface area contributed by atoms with Gasteiger partial charge in [0.25, 0.3) is 5.69 Å². The lowest BCUT2D eigenvalue weighted by Crippen LogP contribution is -1.94. The van der Waals surface area contributed by atoms with Crippen molar-refractivity contribution in [3.05, 3.63) is 39.4 Å². The third-order valence-electron chi connectivity index (χ3n) is 2.30. The first-order chi connectivity index (χ1) is 6.20. The molecule has 1 aromatic rings. The third kappa shape index (κ3) is 1.19. The molecule has 4 heteroatoms. The predicted molar refractivity (Wildman–Crippen MR) is 46.3 cm³/mol. The highest BCUT2D eigenvalue weighted by molar-refractivity contribution is 5.47. The molecule has 2 rings (SSSR count). The van der Waals surface area contributed by atoms with Gasteiger partial charge in [0.2, 0.25) is 0 Å². The quantitative estimate of drug-likeness (QED) is 0.490. The lowest BCUT2D eigenvalue weighted by Gasteiger charge is -2.01. The van der Waals surface area contributed by atoms with Crippen LogP contribution in [0.1, 0.15) is 24.2 Å². The van der Waals surface area contributed by atoms with E-state index in [0.717, 1.165) is 11.1 Å². The second-order valence-corrected chi connectivity index (χ2v) is 3.06. The Bertz CT molecular complexity index is 362. The Balaban J connectivity index is 2.57. The van der Waals surface area contributed by atoms with Crippen LogP contribution in [0.2, 0.25) is 0 Å². The zero-order valence-corrected chi connectivity index (χ0v) is 7.19. The van der Waals surface area contributed by atoms with Crippen LogP contribution >= 0.6 is 0 Å². The van der Waals surface area contributed by atoms with Gasteiger partial charge in [-0.1, -0.05) is 12.1 Å². The molecule has 1 unspecified atom stereocenters. The number of nitro groups is 1. The molecule has 0 amide bonds. The molecule has 1 aliphatic rings. The first-order valence-corrected chi connectivity index (χ1v) is 4.08. The van der Waals surface area contributed by atoms with Gasteiger partial charge in [-0.2, -0.15) is 0 Å². The number of nitrogens with zero attached hydrogens (tertiary/aromatic N) is 1. The van der Waals surface area contributed by atoms with Crippen LogP contribution in [-0.2, 0) is 11.3 Å². The Morgan fingerprint density at radius 1 is 1.62 bits per heavy atom. The van der Waals surface area contributed by atoms with Gasteiger partial charge in [-0.05, 0) is 12.5 Å². The van der Waals surface area contributed by atoms with Crippen LogP contribution < -0.4 is 0 Å². The van der Waals surface area contributed by atoms with Crippen molar-refractivity contribution in [1.82, 2.24) is 0 Å². The number of hydrogen-bond acceptors (Lipinski definition) is 3. The number of nitro benzene ring substituents is 1. The van der Waals surface area contributed by atoms with Crippen molar-refractivity contribution in [3.63, 3.8) is 0 Å². The van der Waals surface area contributed by atoms with Crippen molar-refractivity contribution in [3.8, 4) is 0 Å². The smallest absolute Gasteiger partial charge is 0.275 e. The van der Waals surface area contributed by atoms with Gasteiger partial charge in [-0.3, -0.25) is 10.1 Å². The second kappa shape index (κ2) is 2.81. The number of fused-ring (bicyclic) bond motifs is 1. The minimum atomic E-state index is -0.361. The number of benzene rings is 1. The van der Waals surface area contributed by atoms with E-state index in [0.29, 0.717) is 6.61 Å². The van der Waals surface area contributed by atoms with E-state index in [1.807, 2.05) is 13.0 Å². The molecule has 0 N–H and O–H groups in total. The zero-order chi connectivity index (χ0) is 9.42. The van der Waals surface area contributed by atoms with Crippen molar-refractivity contribution in [2.45, 2.75) is 19.6 Å². The molecule has 68 valence electrons. The summed E-state index contributed by atoms with van der Waals surface area (Å²) in [6.07, 6.45) is -0.0186. The van der Waals surface area contributed by atoms with Gasteiger partial charge in [-0.25, -0.2) is 0 Å². The molecule has 13 heavy (non-hydrogen) atoms. The fourth-order valence-corrected chi connectivity index (χ4v) is 1.60. The molecule has 0 bridgehead atoms. The molecule has 0 aromatic heterocycles. The average molecular weight is 179 g/mol. The number of hydrogen-bond donors (Lipinski definition) is 0. The van der Waals surface area contributed by atoms with E-state index < -0.39 is 0 Å². The monoisotopic (exact) mass is 179 g/mol. The van der Waals surface area contributed by atoms with E-state index >= 15 is 0 Å². The maximum Gasteiger partial charge on any atom is 0.275 e. The highest BCUT2D eigenvalue weighted by atomic mass is 16.6. The van der Waals surface area contributed by atoms with Crippen LogP contribution in [0.4, 0.5) is 5.69 Å². The second-order valence-electron chi connectivity index (χ2n) is 3.06. The SMILES string of the molecule is CC1OCc2c1cccc2[N+](=O)[O-]. The van der Waals surface area contributed by atoms with Crippen molar-refractivity contribution < 1.29 is 9.66 Å². The van der Waals surface area contributed by atoms with E-state index in [9.17, 15) is 10.1 Å². The molecule has 1 aliphatic heterocycles. The predicted octanol–water partition coefficient (Wildman–Crippen LogP) is 2.19. The van der Waals surface area contributed by atoms with Crippen LogP contribution in [0, 0.1) is 10.1 Å². The summed E-state index contributed by atoms with van der Waals surface area (Å²) in [5, 5.41) is 10.6. The first-order valence-electron chi connectivity index (χ1n) is 4.08. The first kappa shape index (κ1) is 8.19. The topological polar surface area (TPSA) is 52.4 Å². The largest absolute Gasteiger partial charge is 0.369 e. The van der Waals surface area contributed by atoms with Crippen molar-refractivity contribution in [1.29, 1.82) is 0 Å². The maximum absolute atomic E-state index is 10.6. The normalized spacial score (nSPS) is 19.9. The number of rotatable bonds is 1. The van der Waals surface area contributed by atoms with E-state index in [1.165, 1.54) is 6.07 Å². The summed E-state index contributed by atoms with van der Waals surface area (Å²) in [7, 11) is 0. The molecule has 1 heterocycles. The fraction of sp³-hybridized carbons (Fsp3) is 0.333. The molecular weight excluding hydrogens is 170 g/mol. The molecule has 0 aliphatic carbocycles. The molecule has 0 saturated heterocycles. The summed E-state index contributed by atoms with van der Waals surface area (Å²) in [4.78, 5) is 10.3. The molecule has 0 spiro atoms. The van der Waals surface area contributed by atoms with Crippen LogP contribution in [-0.4, -0.2) is 4.92 Å². The highest BCUT2D eigenvalue weighted by Crippen LogP contribution is 2.35. The Morgan fingerprint density at radius 2 is 2.38 bits per heavy atom. The molecule has 0 fully saturated rings. The molecule has 4 nitrogen and oxygen atoms in total. The van der Waals surface area contributed by atoms with Crippen LogP contribution in [0.25, 0.3) is 0 Å². The Kier molecular flexibility index (Phi) is 1.77. The van der Waals surface area contributed by atoms with E-state index in [-0.39, 0.29) is 16.7 Å². The molecular formula is C9H9NO3. The Labute approximate surface area is 75.3 Å². The van der Waals surface area contributed by atoms with E-state index in [2.05, 4.69) is 0 Å². The van der Waals surface area contributed by atoms with Crippen molar-refractivity contribution in [2.24, 2.45) is 0 Å². The highest BCUT2D eigenvalue weighted by Gasteiger charge is 2.26. The van der Waals surface area contributed by atoms with E-state index in [4.69, 9.17) is 4.74 Å². The van der Waals surface area contributed by atoms with Gasteiger partial charge in [-0.15, -0.1) is 0 Å².